The molecular formula is C15H5Cl2F7O3. The Bertz CT molecular complexity index is 879. The second-order valence-corrected chi connectivity index (χ2v) is 5.56. The number of rotatable bonds is 4. The van der Waals surface area contributed by atoms with Gasteiger partial charge in [-0.1, -0.05) is 11.6 Å². The molecule has 0 atom stereocenters. The smallest absolute Gasteiger partial charge is 0.455 e. The van der Waals surface area contributed by atoms with Gasteiger partial charge in [0.05, 0.1) is 10.6 Å². The van der Waals surface area contributed by atoms with Crippen molar-refractivity contribution >= 4 is 28.4 Å². The molecule has 0 saturated heterocycles. The van der Waals surface area contributed by atoms with E-state index in [0.717, 1.165) is 12.1 Å². The molecule has 2 aromatic rings. The molecule has 0 aliphatic rings. The van der Waals surface area contributed by atoms with Crippen molar-refractivity contribution in [2.24, 2.45) is 0 Å². The van der Waals surface area contributed by atoms with E-state index in [1.54, 1.807) is 0 Å². The van der Waals surface area contributed by atoms with Gasteiger partial charge in [-0.2, -0.15) is 13.2 Å². The van der Waals surface area contributed by atoms with Gasteiger partial charge in [0.2, 0.25) is 0 Å². The van der Waals surface area contributed by atoms with Gasteiger partial charge in [-0.05, 0) is 35.9 Å². The van der Waals surface area contributed by atoms with E-state index < -0.39 is 51.2 Å². The lowest BCUT2D eigenvalue weighted by molar-refractivity contribution is -0.274. The van der Waals surface area contributed by atoms with E-state index in [4.69, 9.17) is 27.9 Å². The van der Waals surface area contributed by atoms with Crippen molar-refractivity contribution in [3.8, 4) is 17.2 Å². The molecule has 2 aromatic carbocycles. The predicted octanol–water partition coefficient (Wildman–Crippen LogP) is 6.57. The quantitative estimate of drug-likeness (QED) is 0.401. The maximum Gasteiger partial charge on any atom is 0.573 e. The summed E-state index contributed by atoms with van der Waals surface area (Å²) in [6, 6.07) is 3.30. The number of ether oxygens (including phenoxy) is 2. The molecule has 12 heteroatoms. The molecule has 0 saturated carbocycles. The highest BCUT2D eigenvalue weighted by Gasteiger charge is 2.37. The molecule has 0 aromatic heterocycles. The topological polar surface area (TPSA) is 35.5 Å². The molecule has 0 spiro atoms. The van der Waals surface area contributed by atoms with Gasteiger partial charge in [-0.3, -0.25) is 4.79 Å². The Hall–Kier alpha value is -2.20. The van der Waals surface area contributed by atoms with Crippen molar-refractivity contribution in [1.82, 2.24) is 0 Å². The molecule has 0 heterocycles. The van der Waals surface area contributed by atoms with E-state index in [9.17, 15) is 35.5 Å². The molecule has 0 aliphatic heterocycles. The van der Waals surface area contributed by atoms with Crippen LogP contribution >= 0.6 is 23.2 Å². The summed E-state index contributed by atoms with van der Waals surface area (Å²) < 4.78 is 97.4. The van der Waals surface area contributed by atoms with Crippen molar-refractivity contribution in [2.75, 3.05) is 0 Å². The number of halogens is 9. The van der Waals surface area contributed by atoms with Gasteiger partial charge >= 0.3 is 12.5 Å². The van der Waals surface area contributed by atoms with Crippen LogP contribution < -0.4 is 9.47 Å². The molecule has 0 N–H and O–H groups in total. The van der Waals surface area contributed by atoms with Gasteiger partial charge in [0.25, 0.3) is 5.24 Å². The Morgan fingerprint density at radius 1 is 0.963 bits per heavy atom. The van der Waals surface area contributed by atoms with Crippen molar-refractivity contribution < 1.29 is 45.0 Å². The minimum Gasteiger partial charge on any atom is -0.455 e. The molecule has 0 radical (unpaired) electrons. The first-order valence-electron chi connectivity index (χ1n) is 6.62. The van der Waals surface area contributed by atoms with E-state index in [1.807, 2.05) is 0 Å². The van der Waals surface area contributed by atoms with Crippen LogP contribution in [-0.2, 0) is 6.18 Å². The highest BCUT2D eigenvalue weighted by molar-refractivity contribution is 6.68. The summed E-state index contributed by atoms with van der Waals surface area (Å²) in [6.45, 7) is 0. The van der Waals surface area contributed by atoms with Crippen molar-refractivity contribution in [2.45, 2.75) is 12.5 Å². The molecule has 0 amide bonds. The third kappa shape index (κ3) is 5.16. The molecule has 0 unspecified atom stereocenters. The summed E-state index contributed by atoms with van der Waals surface area (Å²) in [4.78, 5) is 11.4. The average Bonchev–Trinajstić information content (AvgIpc) is 2.46. The second-order valence-electron chi connectivity index (χ2n) is 4.81. The summed E-state index contributed by atoms with van der Waals surface area (Å²) in [6.07, 6.45) is -10.1. The van der Waals surface area contributed by atoms with Gasteiger partial charge in [0.15, 0.2) is 5.82 Å². The van der Waals surface area contributed by atoms with E-state index in [1.165, 1.54) is 0 Å². The first-order chi connectivity index (χ1) is 12.3. The van der Waals surface area contributed by atoms with Gasteiger partial charge in [-0.15, -0.1) is 13.2 Å². The molecule has 27 heavy (non-hydrogen) atoms. The Balaban J connectivity index is 2.43. The van der Waals surface area contributed by atoms with Crippen molar-refractivity contribution in [3.63, 3.8) is 0 Å². The maximum atomic E-state index is 14.0. The number of carbonyl (C=O) groups is 1. The normalized spacial score (nSPS) is 12.0. The van der Waals surface area contributed by atoms with Crippen LogP contribution in [0.3, 0.4) is 0 Å². The number of benzene rings is 2. The Morgan fingerprint density at radius 2 is 1.56 bits per heavy atom. The van der Waals surface area contributed by atoms with E-state index >= 15 is 0 Å². The largest absolute Gasteiger partial charge is 0.573 e. The van der Waals surface area contributed by atoms with Gasteiger partial charge < -0.3 is 9.47 Å². The maximum absolute atomic E-state index is 14.0. The lowest BCUT2D eigenvalue weighted by Gasteiger charge is -2.15. The Morgan fingerprint density at radius 3 is 2.04 bits per heavy atom. The lowest BCUT2D eigenvalue weighted by atomic mass is 10.1. The summed E-state index contributed by atoms with van der Waals surface area (Å²) in [5.74, 6) is -3.77. The molecule has 3 nitrogen and oxygen atoms in total. The van der Waals surface area contributed by atoms with E-state index in [-0.39, 0.29) is 5.75 Å². The summed E-state index contributed by atoms with van der Waals surface area (Å²) in [5, 5.41) is -2.04. The minimum atomic E-state index is -5.10. The molecule has 0 fully saturated rings. The zero-order valence-corrected chi connectivity index (χ0v) is 14.0. The predicted molar refractivity (Wildman–Crippen MR) is 79.8 cm³/mol. The molecular weight excluding hydrogens is 432 g/mol. The van der Waals surface area contributed by atoms with Gasteiger partial charge in [-0.25, -0.2) is 4.39 Å². The molecule has 0 bridgehead atoms. The monoisotopic (exact) mass is 436 g/mol. The fourth-order valence-corrected chi connectivity index (χ4v) is 2.31. The SMILES string of the molecule is O=C(Cl)c1c(Oc2ccc(OC(F)(F)F)cc2Cl)ccc(C(F)(F)F)c1F. The van der Waals surface area contributed by atoms with Crippen molar-refractivity contribution in [1.29, 1.82) is 0 Å². The van der Waals surface area contributed by atoms with Crippen LogP contribution in [-0.4, -0.2) is 11.6 Å². The highest BCUT2D eigenvalue weighted by atomic mass is 35.5. The van der Waals surface area contributed by atoms with Crippen LogP contribution in [0.25, 0.3) is 0 Å². The summed E-state index contributed by atoms with van der Waals surface area (Å²) >= 11 is 10.9. The standard InChI is InChI=1S/C15H5Cl2F7O3/c16-8-5-6(27-15(22,23)24)1-3-9(8)26-10-4-2-7(14(19,20)21)12(18)11(10)13(17)25/h1-5H. The molecule has 146 valence electrons. The Kier molecular flexibility index (Phi) is 5.81. The number of alkyl halides is 6. The van der Waals surface area contributed by atoms with Crippen LogP contribution in [0, 0.1) is 5.82 Å². The summed E-state index contributed by atoms with van der Waals surface area (Å²) in [5.41, 5.74) is -2.96. The van der Waals surface area contributed by atoms with Crippen LogP contribution in [0.4, 0.5) is 30.7 Å². The number of carbonyl (C=O) groups excluding carboxylic acids is 1. The third-order valence-corrected chi connectivity index (χ3v) is 3.45. The first-order valence-corrected chi connectivity index (χ1v) is 7.38. The van der Waals surface area contributed by atoms with E-state index in [2.05, 4.69) is 4.74 Å². The van der Waals surface area contributed by atoms with Crippen molar-refractivity contribution in [3.05, 3.63) is 52.3 Å². The minimum absolute atomic E-state index is 0.309. The van der Waals surface area contributed by atoms with Crippen LogP contribution in [0.1, 0.15) is 15.9 Å². The fraction of sp³-hybridized carbons (Fsp3) is 0.133. The van der Waals surface area contributed by atoms with E-state index in [0.29, 0.717) is 18.2 Å². The lowest BCUT2D eigenvalue weighted by Crippen LogP contribution is -2.17. The molecule has 2 rings (SSSR count). The Labute approximate surface area is 156 Å². The van der Waals surface area contributed by atoms with Crippen LogP contribution in [0.15, 0.2) is 30.3 Å². The van der Waals surface area contributed by atoms with Gasteiger partial charge in [0, 0.05) is 6.07 Å². The second kappa shape index (κ2) is 7.43. The first kappa shape index (κ1) is 21.1. The third-order valence-electron chi connectivity index (χ3n) is 2.96. The summed E-state index contributed by atoms with van der Waals surface area (Å²) in [7, 11) is 0. The van der Waals surface area contributed by atoms with Crippen LogP contribution in [0.5, 0.6) is 17.2 Å². The average molecular weight is 437 g/mol. The zero-order chi connectivity index (χ0) is 20.6. The number of hydrogen-bond acceptors (Lipinski definition) is 3. The molecule has 0 aliphatic carbocycles. The zero-order valence-electron chi connectivity index (χ0n) is 12.5. The van der Waals surface area contributed by atoms with Crippen LogP contribution in [0.2, 0.25) is 5.02 Å². The highest BCUT2D eigenvalue weighted by Crippen LogP contribution is 2.40. The fourth-order valence-electron chi connectivity index (χ4n) is 1.93. The number of hydrogen-bond donors (Lipinski definition) is 0. The van der Waals surface area contributed by atoms with Gasteiger partial charge in [0.1, 0.15) is 22.8 Å².